The minimum Gasteiger partial charge on any atom is -0.382 e. The van der Waals surface area contributed by atoms with Gasteiger partial charge in [-0.1, -0.05) is 23.2 Å². The van der Waals surface area contributed by atoms with Crippen LogP contribution in [0.2, 0.25) is 10.0 Å². The summed E-state index contributed by atoms with van der Waals surface area (Å²) in [6.07, 6.45) is 0.845. The number of piperidine rings is 1. The Labute approximate surface area is 110 Å². The molecule has 0 radical (unpaired) electrons. The van der Waals surface area contributed by atoms with Gasteiger partial charge in [0, 0.05) is 5.56 Å². The lowest BCUT2D eigenvalue weighted by Gasteiger charge is -2.31. The van der Waals surface area contributed by atoms with Gasteiger partial charge in [-0.15, -0.1) is 0 Å². The van der Waals surface area contributed by atoms with E-state index in [1.165, 1.54) is 6.07 Å². The molecule has 0 atom stereocenters. The van der Waals surface area contributed by atoms with Gasteiger partial charge in [-0.25, -0.2) is 0 Å². The van der Waals surface area contributed by atoms with E-state index in [0.29, 0.717) is 41.5 Å². The van der Waals surface area contributed by atoms with Gasteiger partial charge in [-0.3, -0.25) is 4.79 Å². The maximum absolute atomic E-state index is 12.2. The molecule has 5 heteroatoms. The molecular weight excluding hydrogens is 261 g/mol. The molecule has 17 heavy (non-hydrogen) atoms. The zero-order chi connectivity index (χ0) is 12.5. The van der Waals surface area contributed by atoms with Gasteiger partial charge in [0.1, 0.15) is 5.60 Å². The summed E-state index contributed by atoms with van der Waals surface area (Å²) < 4.78 is 0. The van der Waals surface area contributed by atoms with Gasteiger partial charge in [0.05, 0.1) is 10.0 Å². The Balaban J connectivity index is 2.26. The molecule has 1 aliphatic rings. The lowest BCUT2D eigenvalue weighted by Crippen LogP contribution is -2.47. The van der Waals surface area contributed by atoms with Crippen LogP contribution in [-0.2, 0) is 0 Å². The van der Waals surface area contributed by atoms with E-state index in [4.69, 9.17) is 23.2 Å². The topological polar surface area (TPSA) is 49.3 Å². The molecule has 0 spiro atoms. The fraction of sp³-hybridized carbons (Fsp3) is 0.417. The molecule has 0 amide bonds. The molecule has 0 unspecified atom stereocenters. The van der Waals surface area contributed by atoms with Crippen molar-refractivity contribution in [2.24, 2.45) is 0 Å². The Kier molecular flexibility index (Phi) is 3.73. The summed E-state index contributed by atoms with van der Waals surface area (Å²) in [4.78, 5) is 12.2. The zero-order valence-corrected chi connectivity index (χ0v) is 10.7. The van der Waals surface area contributed by atoms with Gasteiger partial charge in [0.15, 0.2) is 5.78 Å². The Morgan fingerprint density at radius 1 is 1.24 bits per heavy atom. The highest BCUT2D eigenvalue weighted by Gasteiger charge is 2.37. The van der Waals surface area contributed by atoms with Crippen LogP contribution >= 0.6 is 23.2 Å². The number of carbonyl (C=O) groups excluding carboxylic acids is 1. The lowest BCUT2D eigenvalue weighted by molar-refractivity contribution is 0.0155. The zero-order valence-electron chi connectivity index (χ0n) is 9.17. The van der Waals surface area contributed by atoms with Crippen LogP contribution in [-0.4, -0.2) is 29.6 Å². The number of ketones is 1. The second-order valence-corrected chi connectivity index (χ2v) is 5.05. The van der Waals surface area contributed by atoms with Crippen molar-refractivity contribution in [2.45, 2.75) is 18.4 Å². The highest BCUT2D eigenvalue weighted by molar-refractivity contribution is 6.42. The first kappa shape index (κ1) is 12.8. The lowest BCUT2D eigenvalue weighted by atomic mass is 9.85. The summed E-state index contributed by atoms with van der Waals surface area (Å²) in [6, 6.07) is 4.67. The van der Waals surface area contributed by atoms with Crippen LogP contribution < -0.4 is 5.32 Å². The Hall–Kier alpha value is -0.610. The highest BCUT2D eigenvalue weighted by atomic mass is 35.5. The van der Waals surface area contributed by atoms with E-state index in [1.54, 1.807) is 12.1 Å². The average Bonchev–Trinajstić information content (AvgIpc) is 2.33. The van der Waals surface area contributed by atoms with Crippen LogP contribution in [0.3, 0.4) is 0 Å². The summed E-state index contributed by atoms with van der Waals surface area (Å²) in [5, 5.41) is 14.1. The van der Waals surface area contributed by atoms with Crippen molar-refractivity contribution in [1.82, 2.24) is 5.32 Å². The fourth-order valence-electron chi connectivity index (χ4n) is 1.97. The molecule has 0 saturated carbocycles. The second-order valence-electron chi connectivity index (χ2n) is 4.24. The van der Waals surface area contributed by atoms with E-state index in [2.05, 4.69) is 5.32 Å². The highest BCUT2D eigenvalue weighted by Crippen LogP contribution is 2.27. The number of benzene rings is 1. The van der Waals surface area contributed by atoms with Gasteiger partial charge in [-0.2, -0.15) is 0 Å². The first-order chi connectivity index (χ1) is 8.03. The third kappa shape index (κ3) is 2.63. The molecule has 2 rings (SSSR count). The molecule has 1 saturated heterocycles. The van der Waals surface area contributed by atoms with Gasteiger partial charge in [0.2, 0.25) is 0 Å². The minimum atomic E-state index is -1.28. The quantitative estimate of drug-likeness (QED) is 0.813. The number of nitrogens with one attached hydrogen (secondary N) is 1. The van der Waals surface area contributed by atoms with Gasteiger partial charge in [0.25, 0.3) is 0 Å². The normalized spacial score (nSPS) is 19.0. The fourth-order valence-corrected chi connectivity index (χ4v) is 2.27. The smallest absolute Gasteiger partial charge is 0.194 e. The van der Waals surface area contributed by atoms with Crippen molar-refractivity contribution in [2.75, 3.05) is 13.1 Å². The predicted octanol–water partition coefficient (Wildman–Crippen LogP) is 2.29. The van der Waals surface area contributed by atoms with Crippen LogP contribution in [0.4, 0.5) is 0 Å². The molecule has 3 nitrogen and oxygen atoms in total. The molecule has 1 fully saturated rings. The maximum Gasteiger partial charge on any atom is 0.194 e. The van der Waals surface area contributed by atoms with Crippen molar-refractivity contribution < 1.29 is 9.90 Å². The third-order valence-electron chi connectivity index (χ3n) is 3.04. The SMILES string of the molecule is O=C(c1ccc(Cl)c(Cl)c1)C1(O)CCNCC1. The second kappa shape index (κ2) is 4.94. The molecular formula is C12H13Cl2NO2. The first-order valence-corrected chi connectivity index (χ1v) is 6.21. The van der Waals surface area contributed by atoms with Crippen molar-refractivity contribution in [1.29, 1.82) is 0 Å². The van der Waals surface area contributed by atoms with E-state index in [9.17, 15) is 9.90 Å². The Morgan fingerprint density at radius 2 is 1.88 bits per heavy atom. The number of Topliss-reactive ketones (excluding diaryl/α,β-unsaturated/α-hetero) is 1. The summed E-state index contributed by atoms with van der Waals surface area (Å²) in [6.45, 7) is 1.28. The van der Waals surface area contributed by atoms with Crippen LogP contribution in [0.25, 0.3) is 0 Å². The summed E-state index contributed by atoms with van der Waals surface area (Å²) in [7, 11) is 0. The van der Waals surface area contributed by atoms with E-state index < -0.39 is 5.60 Å². The van der Waals surface area contributed by atoms with E-state index >= 15 is 0 Å². The molecule has 1 aliphatic heterocycles. The average molecular weight is 274 g/mol. The number of hydrogen-bond donors (Lipinski definition) is 2. The van der Waals surface area contributed by atoms with Crippen molar-refractivity contribution in [3.63, 3.8) is 0 Å². The van der Waals surface area contributed by atoms with E-state index in [1.807, 2.05) is 0 Å². The molecule has 92 valence electrons. The Morgan fingerprint density at radius 3 is 2.47 bits per heavy atom. The standard InChI is InChI=1S/C12H13Cl2NO2/c13-9-2-1-8(7-10(9)14)11(16)12(17)3-5-15-6-4-12/h1-2,7,15,17H,3-6H2. The molecule has 2 N–H and O–H groups in total. The maximum atomic E-state index is 12.2. The molecule has 1 aromatic carbocycles. The molecule has 0 aliphatic carbocycles. The Bertz CT molecular complexity index is 442. The minimum absolute atomic E-state index is 0.280. The molecule has 1 aromatic rings. The van der Waals surface area contributed by atoms with Crippen LogP contribution in [0.5, 0.6) is 0 Å². The van der Waals surface area contributed by atoms with Crippen molar-refractivity contribution in [3.8, 4) is 0 Å². The summed E-state index contributed by atoms with van der Waals surface area (Å²) >= 11 is 11.7. The summed E-state index contributed by atoms with van der Waals surface area (Å²) in [5.41, 5.74) is -0.869. The number of carbonyl (C=O) groups is 1. The first-order valence-electron chi connectivity index (χ1n) is 5.46. The predicted molar refractivity (Wildman–Crippen MR) is 67.8 cm³/mol. The van der Waals surface area contributed by atoms with Crippen LogP contribution in [0.15, 0.2) is 18.2 Å². The van der Waals surface area contributed by atoms with Crippen LogP contribution in [0.1, 0.15) is 23.2 Å². The van der Waals surface area contributed by atoms with Gasteiger partial charge in [-0.05, 0) is 44.1 Å². The molecule has 1 heterocycles. The number of rotatable bonds is 2. The molecule has 0 bridgehead atoms. The van der Waals surface area contributed by atoms with E-state index in [-0.39, 0.29) is 5.78 Å². The van der Waals surface area contributed by atoms with Gasteiger partial charge >= 0.3 is 0 Å². The van der Waals surface area contributed by atoms with Crippen LogP contribution in [0, 0.1) is 0 Å². The van der Waals surface area contributed by atoms with Crippen molar-refractivity contribution in [3.05, 3.63) is 33.8 Å². The molecule has 0 aromatic heterocycles. The van der Waals surface area contributed by atoms with E-state index in [0.717, 1.165) is 0 Å². The number of aliphatic hydroxyl groups is 1. The largest absolute Gasteiger partial charge is 0.382 e. The monoisotopic (exact) mass is 273 g/mol. The summed E-state index contributed by atoms with van der Waals surface area (Å²) in [5.74, 6) is -0.280. The van der Waals surface area contributed by atoms with Gasteiger partial charge < -0.3 is 10.4 Å². The third-order valence-corrected chi connectivity index (χ3v) is 3.77. The number of halogens is 2. The van der Waals surface area contributed by atoms with Crippen molar-refractivity contribution >= 4 is 29.0 Å². The number of hydrogen-bond acceptors (Lipinski definition) is 3.